The summed E-state index contributed by atoms with van der Waals surface area (Å²) in [6.07, 6.45) is 0. The second kappa shape index (κ2) is 1.95. The molecule has 3 heteroatoms. The second-order valence-corrected chi connectivity index (χ2v) is 6.95. The predicted octanol–water partition coefficient (Wildman–Crippen LogP) is 0.105. The van der Waals surface area contributed by atoms with Crippen LogP contribution in [0, 0.1) is 0 Å². The van der Waals surface area contributed by atoms with E-state index in [4.69, 9.17) is 4.52 Å². The van der Waals surface area contributed by atoms with E-state index < -0.39 is 7.37 Å². The number of hydrogen-bond donors (Lipinski definition) is 0. The van der Waals surface area contributed by atoms with Gasteiger partial charge >= 0.3 is 39.9 Å². The molecule has 0 bridgehead atoms. The van der Waals surface area contributed by atoms with Gasteiger partial charge in [-0.15, -0.1) is 0 Å². The van der Waals surface area contributed by atoms with Crippen LogP contribution in [-0.4, -0.2) is 28.0 Å². The third-order valence-corrected chi connectivity index (χ3v) is 1.84. The van der Waals surface area contributed by atoms with Crippen molar-refractivity contribution in [3.63, 3.8) is 0 Å². The van der Waals surface area contributed by atoms with Gasteiger partial charge in [-0.3, -0.25) is 0 Å². The third-order valence-electron chi connectivity index (χ3n) is 0.612. The van der Waals surface area contributed by atoms with Gasteiger partial charge < -0.3 is 0 Å². The van der Waals surface area contributed by atoms with Crippen LogP contribution in [-0.2, 0) is 4.52 Å². The first kappa shape index (κ1) is 6.45. The molecule has 6 heavy (non-hydrogen) atoms. The number of rotatable bonds is 1. The molecule has 0 aliphatic rings. The van der Waals surface area contributed by atoms with Crippen LogP contribution in [0.1, 0.15) is 0 Å². The molecular weight excluding hydrogens is 93.8 g/mol. The topological polar surface area (TPSA) is 9.23 Å². The molecule has 38 valence electrons. The van der Waals surface area contributed by atoms with Crippen molar-refractivity contribution in [2.24, 2.45) is 0 Å². The zero-order valence-electron chi connectivity index (χ0n) is 4.91. The van der Waals surface area contributed by atoms with Gasteiger partial charge in [0.15, 0.2) is 0 Å². The van der Waals surface area contributed by atoms with Crippen LogP contribution >= 0.6 is 7.37 Å². The zero-order chi connectivity index (χ0) is 5.21. The van der Waals surface area contributed by atoms with E-state index in [9.17, 15) is 0 Å². The van der Waals surface area contributed by atoms with Crippen molar-refractivity contribution < 1.29 is 4.52 Å². The fraction of sp³-hybridized carbons (Fsp3) is 1.00. The Labute approximate surface area is 40.9 Å². The third kappa shape index (κ3) is 4.45. The van der Waals surface area contributed by atoms with Gasteiger partial charge in [-0.1, -0.05) is 0 Å². The Morgan fingerprint density at radius 1 is 1.50 bits per heavy atom. The molecule has 0 unspecified atom stereocenters. The normalized spacial score (nSPS) is 14.5. The molecule has 0 radical (unpaired) electrons. The summed E-state index contributed by atoms with van der Waals surface area (Å²) in [6, 6.07) is 0. The minimum absolute atomic E-state index is 1.13. The first-order valence-electron chi connectivity index (χ1n) is 2.11. The quantitative estimate of drug-likeness (QED) is 0.340. The minimum atomic E-state index is -1.13. The van der Waals surface area contributed by atoms with E-state index in [1.54, 1.807) is 7.11 Å². The Bertz CT molecular complexity index is 40.5. The van der Waals surface area contributed by atoms with Gasteiger partial charge in [-0.2, -0.15) is 0 Å². The average molecular weight is 106 g/mol. The van der Waals surface area contributed by atoms with Crippen molar-refractivity contribution in [3.05, 3.63) is 0 Å². The summed E-state index contributed by atoms with van der Waals surface area (Å²) in [6.45, 7) is 4.32. The van der Waals surface area contributed by atoms with Crippen LogP contribution in [0.2, 0.25) is 0 Å². The van der Waals surface area contributed by atoms with Crippen LogP contribution in [0.4, 0.5) is 0 Å². The van der Waals surface area contributed by atoms with Crippen molar-refractivity contribution in [2.45, 2.75) is 0 Å². The summed E-state index contributed by atoms with van der Waals surface area (Å²) in [4.78, 5) is 0. The SMILES string of the molecule is B[PH](C)(C)OC. The van der Waals surface area contributed by atoms with Crippen molar-refractivity contribution in [3.8, 4) is 0 Å². The summed E-state index contributed by atoms with van der Waals surface area (Å²) >= 11 is 0. The number of hydrogen-bond acceptors (Lipinski definition) is 1. The Hall–Kier alpha value is 0.455. The van der Waals surface area contributed by atoms with E-state index in [0.29, 0.717) is 0 Å². The summed E-state index contributed by atoms with van der Waals surface area (Å²) in [5.74, 6) is 0. The van der Waals surface area contributed by atoms with E-state index in [1.165, 1.54) is 0 Å². The Morgan fingerprint density at radius 2 is 1.67 bits per heavy atom. The second-order valence-electron chi connectivity index (χ2n) is 2.32. The summed E-state index contributed by atoms with van der Waals surface area (Å²) < 4.78 is 5.08. The van der Waals surface area contributed by atoms with Gasteiger partial charge in [0.05, 0.1) is 0 Å². The summed E-state index contributed by atoms with van der Waals surface area (Å²) in [5.41, 5.74) is 0. The summed E-state index contributed by atoms with van der Waals surface area (Å²) in [7, 11) is 2.80. The van der Waals surface area contributed by atoms with Crippen LogP contribution in [0.25, 0.3) is 0 Å². The molecule has 0 aromatic rings. The molecule has 1 nitrogen and oxygen atoms in total. The van der Waals surface area contributed by atoms with Gasteiger partial charge in [0.25, 0.3) is 0 Å². The van der Waals surface area contributed by atoms with E-state index in [2.05, 4.69) is 20.9 Å². The molecule has 0 aromatic heterocycles. The molecule has 0 heterocycles. The molecule has 0 N–H and O–H groups in total. The van der Waals surface area contributed by atoms with Gasteiger partial charge in [-0.25, -0.2) is 0 Å². The Kier molecular flexibility index (Phi) is 2.10. The van der Waals surface area contributed by atoms with Gasteiger partial charge in [0.2, 0.25) is 0 Å². The van der Waals surface area contributed by atoms with Crippen molar-refractivity contribution in [1.29, 1.82) is 0 Å². The van der Waals surface area contributed by atoms with E-state index >= 15 is 0 Å². The first-order valence-corrected chi connectivity index (χ1v) is 5.52. The molecule has 0 rings (SSSR count). The van der Waals surface area contributed by atoms with E-state index in [-0.39, 0.29) is 0 Å². The first-order chi connectivity index (χ1) is 2.56. The molecule has 0 saturated heterocycles. The zero-order valence-corrected chi connectivity index (χ0v) is 5.91. The molecule has 0 aromatic carbocycles. The van der Waals surface area contributed by atoms with Gasteiger partial charge in [0, 0.05) is 0 Å². The fourth-order valence-electron chi connectivity index (χ4n) is 0. The average Bonchev–Trinajstić information content (AvgIpc) is 1.35. The van der Waals surface area contributed by atoms with Crippen molar-refractivity contribution >= 4 is 14.9 Å². The molecule has 0 amide bonds. The van der Waals surface area contributed by atoms with Gasteiger partial charge in [-0.05, 0) is 0 Å². The predicted molar refractivity (Wildman–Crippen MR) is 35.7 cm³/mol. The standard InChI is InChI=1S/C3H12BOP/c1-5-6(2,3)4/h6H,4H2,1-3H3. The van der Waals surface area contributed by atoms with Crippen LogP contribution < -0.4 is 0 Å². The van der Waals surface area contributed by atoms with E-state index in [0.717, 1.165) is 0 Å². The fourth-order valence-corrected chi connectivity index (χ4v) is 0. The molecular formula is C3H12BOP. The Balaban J connectivity index is 3.17. The monoisotopic (exact) mass is 106 g/mol. The van der Waals surface area contributed by atoms with Crippen molar-refractivity contribution in [1.82, 2.24) is 0 Å². The summed E-state index contributed by atoms with van der Waals surface area (Å²) in [5, 5.41) is 0. The molecule has 0 fully saturated rings. The van der Waals surface area contributed by atoms with Crippen LogP contribution in [0.3, 0.4) is 0 Å². The maximum absolute atomic E-state index is 5.08. The van der Waals surface area contributed by atoms with Crippen LogP contribution in [0.15, 0.2) is 0 Å². The molecule has 0 aliphatic heterocycles. The van der Waals surface area contributed by atoms with Gasteiger partial charge in [0.1, 0.15) is 0 Å². The van der Waals surface area contributed by atoms with Crippen molar-refractivity contribution in [2.75, 3.05) is 20.4 Å². The molecule has 0 saturated carbocycles. The molecule has 0 spiro atoms. The maximum atomic E-state index is 5.08. The van der Waals surface area contributed by atoms with E-state index in [1.807, 2.05) is 0 Å². The van der Waals surface area contributed by atoms with Crippen LogP contribution in [0.5, 0.6) is 0 Å². The molecule has 0 aliphatic carbocycles. The Morgan fingerprint density at radius 3 is 1.67 bits per heavy atom. The molecule has 0 atom stereocenters.